The van der Waals surface area contributed by atoms with Crippen LogP contribution in [0.25, 0.3) is 0 Å². The molecule has 1 amide bonds. The Hall–Kier alpha value is -0.610. The summed E-state index contributed by atoms with van der Waals surface area (Å²) >= 11 is 0. The lowest BCUT2D eigenvalue weighted by molar-refractivity contribution is -0.127. The van der Waals surface area contributed by atoms with Gasteiger partial charge in [-0.25, -0.2) is 0 Å². The standard InChI is InChI=1S/C13H27N3O/c1-10(2)15-13(17)11(3)16-8-6-4-5-7-12(16)9-14/h10-12H,4-9,14H2,1-3H3,(H,15,17). The smallest absolute Gasteiger partial charge is 0.237 e. The summed E-state index contributed by atoms with van der Waals surface area (Å²) in [6, 6.07) is 0.503. The van der Waals surface area contributed by atoms with Gasteiger partial charge < -0.3 is 11.1 Å². The van der Waals surface area contributed by atoms with E-state index in [1.807, 2.05) is 20.8 Å². The lowest BCUT2D eigenvalue weighted by Crippen LogP contribution is -2.52. The molecule has 0 aromatic rings. The van der Waals surface area contributed by atoms with Crippen molar-refractivity contribution in [2.24, 2.45) is 5.73 Å². The zero-order valence-electron chi connectivity index (χ0n) is 11.4. The summed E-state index contributed by atoms with van der Waals surface area (Å²) < 4.78 is 0. The molecule has 4 nitrogen and oxygen atoms in total. The molecule has 3 N–H and O–H groups in total. The van der Waals surface area contributed by atoms with Crippen LogP contribution < -0.4 is 11.1 Å². The average Bonchev–Trinajstić information content (AvgIpc) is 2.51. The molecule has 0 aromatic carbocycles. The molecule has 100 valence electrons. The van der Waals surface area contributed by atoms with E-state index in [9.17, 15) is 4.79 Å². The molecule has 0 spiro atoms. The number of nitrogens with two attached hydrogens (primary N) is 1. The van der Waals surface area contributed by atoms with E-state index >= 15 is 0 Å². The number of nitrogens with zero attached hydrogens (tertiary/aromatic N) is 1. The second kappa shape index (κ2) is 6.97. The van der Waals surface area contributed by atoms with Gasteiger partial charge in [0.1, 0.15) is 0 Å². The van der Waals surface area contributed by atoms with E-state index in [2.05, 4.69) is 10.2 Å². The highest BCUT2D eigenvalue weighted by Crippen LogP contribution is 2.18. The molecule has 2 unspecified atom stereocenters. The topological polar surface area (TPSA) is 58.4 Å². The summed E-state index contributed by atoms with van der Waals surface area (Å²) in [5.41, 5.74) is 5.83. The fourth-order valence-electron chi connectivity index (χ4n) is 2.52. The first-order valence-electron chi connectivity index (χ1n) is 6.82. The van der Waals surface area contributed by atoms with Gasteiger partial charge in [-0.05, 0) is 40.2 Å². The highest BCUT2D eigenvalue weighted by molar-refractivity contribution is 5.81. The van der Waals surface area contributed by atoms with Crippen LogP contribution in [0.4, 0.5) is 0 Å². The van der Waals surface area contributed by atoms with Gasteiger partial charge in [-0.15, -0.1) is 0 Å². The summed E-state index contributed by atoms with van der Waals surface area (Å²) in [4.78, 5) is 14.3. The second-order valence-electron chi connectivity index (χ2n) is 5.32. The Morgan fingerprint density at radius 1 is 1.35 bits per heavy atom. The monoisotopic (exact) mass is 241 g/mol. The molecule has 0 aromatic heterocycles. The Morgan fingerprint density at radius 2 is 2.06 bits per heavy atom. The molecule has 0 saturated carbocycles. The van der Waals surface area contributed by atoms with Crippen LogP contribution in [0.15, 0.2) is 0 Å². The van der Waals surface area contributed by atoms with Crippen molar-refractivity contribution in [3.8, 4) is 0 Å². The van der Waals surface area contributed by atoms with Gasteiger partial charge in [0.2, 0.25) is 5.91 Å². The van der Waals surface area contributed by atoms with Crippen molar-refractivity contribution in [2.45, 2.75) is 64.6 Å². The molecule has 2 atom stereocenters. The van der Waals surface area contributed by atoms with Crippen LogP contribution in [0.5, 0.6) is 0 Å². The minimum atomic E-state index is -0.0657. The lowest BCUT2D eigenvalue weighted by atomic mass is 10.1. The molecule has 0 bridgehead atoms. The average molecular weight is 241 g/mol. The number of hydrogen-bond acceptors (Lipinski definition) is 3. The van der Waals surface area contributed by atoms with Crippen molar-refractivity contribution in [3.05, 3.63) is 0 Å². The van der Waals surface area contributed by atoms with Gasteiger partial charge in [0.15, 0.2) is 0 Å². The molecule has 17 heavy (non-hydrogen) atoms. The first-order valence-corrected chi connectivity index (χ1v) is 6.82. The summed E-state index contributed by atoms with van der Waals surface area (Å²) in [6.45, 7) is 7.63. The zero-order valence-corrected chi connectivity index (χ0v) is 11.4. The Kier molecular flexibility index (Phi) is 5.92. The molecule has 0 radical (unpaired) electrons. The Bertz CT molecular complexity index is 243. The van der Waals surface area contributed by atoms with Crippen LogP contribution in [-0.2, 0) is 4.79 Å². The highest BCUT2D eigenvalue weighted by Gasteiger charge is 2.28. The van der Waals surface area contributed by atoms with E-state index in [1.54, 1.807) is 0 Å². The maximum Gasteiger partial charge on any atom is 0.237 e. The minimum Gasteiger partial charge on any atom is -0.353 e. The predicted octanol–water partition coefficient (Wildman–Crippen LogP) is 1.10. The van der Waals surface area contributed by atoms with E-state index < -0.39 is 0 Å². The predicted molar refractivity (Wildman–Crippen MR) is 70.8 cm³/mol. The van der Waals surface area contributed by atoms with Crippen LogP contribution in [0, 0.1) is 0 Å². The van der Waals surface area contributed by atoms with Crippen LogP contribution in [0.2, 0.25) is 0 Å². The van der Waals surface area contributed by atoms with Gasteiger partial charge in [0.25, 0.3) is 0 Å². The van der Waals surface area contributed by atoms with E-state index in [4.69, 9.17) is 5.73 Å². The normalized spacial score (nSPS) is 24.4. The van der Waals surface area contributed by atoms with Crippen molar-refractivity contribution in [3.63, 3.8) is 0 Å². The Balaban J connectivity index is 2.62. The van der Waals surface area contributed by atoms with Crippen molar-refractivity contribution >= 4 is 5.91 Å². The molecule has 1 saturated heterocycles. The van der Waals surface area contributed by atoms with Crippen molar-refractivity contribution in [1.29, 1.82) is 0 Å². The number of carbonyl (C=O) groups excluding carboxylic acids is 1. The van der Waals surface area contributed by atoms with Gasteiger partial charge in [0, 0.05) is 18.6 Å². The Morgan fingerprint density at radius 3 is 2.65 bits per heavy atom. The van der Waals surface area contributed by atoms with Crippen molar-refractivity contribution < 1.29 is 4.79 Å². The second-order valence-corrected chi connectivity index (χ2v) is 5.32. The zero-order chi connectivity index (χ0) is 12.8. The van der Waals surface area contributed by atoms with Crippen LogP contribution >= 0.6 is 0 Å². The molecular formula is C13H27N3O. The van der Waals surface area contributed by atoms with Crippen molar-refractivity contribution in [1.82, 2.24) is 10.2 Å². The molecule has 1 rings (SSSR count). The van der Waals surface area contributed by atoms with Crippen molar-refractivity contribution in [2.75, 3.05) is 13.1 Å². The van der Waals surface area contributed by atoms with Crippen LogP contribution in [0.1, 0.15) is 46.5 Å². The third-order valence-corrected chi connectivity index (χ3v) is 3.50. The fourth-order valence-corrected chi connectivity index (χ4v) is 2.52. The number of rotatable bonds is 4. The fraction of sp³-hybridized carbons (Fsp3) is 0.923. The third-order valence-electron chi connectivity index (χ3n) is 3.50. The van der Waals surface area contributed by atoms with Gasteiger partial charge >= 0.3 is 0 Å². The molecule has 1 aliphatic heterocycles. The molecular weight excluding hydrogens is 214 g/mol. The quantitative estimate of drug-likeness (QED) is 0.775. The highest BCUT2D eigenvalue weighted by atomic mass is 16.2. The van der Waals surface area contributed by atoms with Gasteiger partial charge in [-0.3, -0.25) is 9.69 Å². The van der Waals surface area contributed by atoms with Crippen LogP contribution in [-0.4, -0.2) is 42.0 Å². The first kappa shape index (κ1) is 14.5. The molecule has 4 heteroatoms. The first-order chi connectivity index (χ1) is 8.06. The largest absolute Gasteiger partial charge is 0.353 e. The van der Waals surface area contributed by atoms with Gasteiger partial charge in [0.05, 0.1) is 6.04 Å². The maximum absolute atomic E-state index is 12.0. The van der Waals surface area contributed by atoms with Gasteiger partial charge in [-0.1, -0.05) is 12.8 Å². The van der Waals surface area contributed by atoms with E-state index in [1.165, 1.54) is 19.3 Å². The molecule has 1 aliphatic rings. The number of nitrogens with one attached hydrogen (secondary N) is 1. The minimum absolute atomic E-state index is 0.0657. The van der Waals surface area contributed by atoms with E-state index in [0.29, 0.717) is 12.6 Å². The summed E-state index contributed by atoms with van der Waals surface area (Å²) in [5.74, 6) is 0.125. The summed E-state index contributed by atoms with van der Waals surface area (Å²) in [7, 11) is 0. The lowest BCUT2D eigenvalue weighted by Gasteiger charge is -2.34. The van der Waals surface area contributed by atoms with E-state index in [-0.39, 0.29) is 18.0 Å². The number of amides is 1. The van der Waals surface area contributed by atoms with Crippen LogP contribution in [0.3, 0.4) is 0 Å². The van der Waals surface area contributed by atoms with E-state index in [0.717, 1.165) is 13.0 Å². The maximum atomic E-state index is 12.0. The number of hydrogen-bond donors (Lipinski definition) is 2. The number of likely N-dealkylation sites (tertiary alicyclic amines) is 1. The SMILES string of the molecule is CC(C)NC(=O)C(C)N1CCCCCC1CN. The molecule has 1 fully saturated rings. The summed E-state index contributed by atoms with van der Waals surface area (Å²) in [5, 5.41) is 2.98. The Labute approximate surface area is 105 Å². The molecule has 1 heterocycles. The third kappa shape index (κ3) is 4.28. The van der Waals surface area contributed by atoms with Gasteiger partial charge in [-0.2, -0.15) is 0 Å². The summed E-state index contributed by atoms with van der Waals surface area (Å²) in [6.07, 6.45) is 4.79. The molecule has 0 aliphatic carbocycles. The number of carbonyl (C=O) groups is 1.